The van der Waals surface area contributed by atoms with E-state index in [9.17, 15) is 9.59 Å². The maximum Gasteiger partial charge on any atom is 0.337 e. The van der Waals surface area contributed by atoms with Gasteiger partial charge >= 0.3 is 5.97 Å². The van der Waals surface area contributed by atoms with Crippen LogP contribution in [0.15, 0.2) is 54.6 Å². The van der Waals surface area contributed by atoms with Crippen molar-refractivity contribution >= 4 is 40.7 Å². The summed E-state index contributed by atoms with van der Waals surface area (Å²) in [5.41, 5.74) is 1.92. The minimum absolute atomic E-state index is 0.209. The molecule has 2 N–H and O–H groups in total. The van der Waals surface area contributed by atoms with Crippen LogP contribution in [0, 0.1) is 6.92 Å². The first-order chi connectivity index (χ1) is 13.4. The number of methoxy groups -OCH3 is 1. The number of aromatic nitrogens is 2. The number of hydrogen-bond donors (Lipinski definition) is 2. The van der Waals surface area contributed by atoms with Gasteiger partial charge in [0.05, 0.1) is 12.7 Å². The molecule has 8 heteroatoms. The van der Waals surface area contributed by atoms with Crippen LogP contribution < -0.4 is 10.6 Å². The van der Waals surface area contributed by atoms with Crippen LogP contribution in [0.25, 0.3) is 0 Å². The van der Waals surface area contributed by atoms with E-state index in [2.05, 4.69) is 25.3 Å². The highest BCUT2D eigenvalue weighted by molar-refractivity contribution is 6.30. The highest BCUT2D eigenvalue weighted by atomic mass is 35.5. The molecule has 3 rings (SSSR count). The fourth-order valence-electron chi connectivity index (χ4n) is 2.43. The molecule has 2 aromatic carbocycles. The number of halogens is 1. The molecule has 0 radical (unpaired) electrons. The van der Waals surface area contributed by atoms with Crippen LogP contribution in [0.2, 0.25) is 5.02 Å². The highest BCUT2D eigenvalue weighted by Crippen LogP contribution is 2.19. The van der Waals surface area contributed by atoms with Crippen LogP contribution in [-0.4, -0.2) is 29.0 Å². The number of carbonyl (C=O) groups is 2. The Balaban J connectivity index is 1.75. The summed E-state index contributed by atoms with van der Waals surface area (Å²) in [6.45, 7) is 1.70. The Morgan fingerprint density at radius 1 is 0.964 bits per heavy atom. The zero-order valence-corrected chi connectivity index (χ0v) is 15.9. The summed E-state index contributed by atoms with van der Waals surface area (Å²) < 4.78 is 4.65. The van der Waals surface area contributed by atoms with Crippen LogP contribution in [0.3, 0.4) is 0 Å². The van der Waals surface area contributed by atoms with Crippen LogP contribution in [0.5, 0.6) is 0 Å². The lowest BCUT2D eigenvalue weighted by Gasteiger charge is -2.10. The van der Waals surface area contributed by atoms with Crippen molar-refractivity contribution in [1.29, 1.82) is 0 Å². The van der Waals surface area contributed by atoms with E-state index in [4.69, 9.17) is 11.6 Å². The predicted octanol–water partition coefficient (Wildman–Crippen LogP) is 4.22. The number of esters is 1. The summed E-state index contributed by atoms with van der Waals surface area (Å²) in [6, 6.07) is 15.0. The second-order valence-electron chi connectivity index (χ2n) is 5.84. The Morgan fingerprint density at radius 2 is 1.61 bits per heavy atom. The van der Waals surface area contributed by atoms with Crippen molar-refractivity contribution in [2.24, 2.45) is 0 Å². The number of benzene rings is 2. The van der Waals surface area contributed by atoms with Gasteiger partial charge in [-0.05, 0) is 55.5 Å². The second-order valence-corrected chi connectivity index (χ2v) is 6.28. The topological polar surface area (TPSA) is 93.2 Å². The molecular formula is C20H17ClN4O3. The Bertz CT molecular complexity index is 1000. The van der Waals surface area contributed by atoms with Crippen LogP contribution in [0.4, 0.5) is 17.2 Å². The van der Waals surface area contributed by atoms with Crippen LogP contribution in [-0.2, 0) is 4.74 Å². The van der Waals surface area contributed by atoms with Crippen molar-refractivity contribution in [3.05, 3.63) is 76.7 Å². The maximum atomic E-state index is 12.6. The highest BCUT2D eigenvalue weighted by Gasteiger charge is 2.12. The van der Waals surface area contributed by atoms with E-state index >= 15 is 0 Å². The van der Waals surface area contributed by atoms with Gasteiger partial charge in [0.1, 0.15) is 17.3 Å². The summed E-state index contributed by atoms with van der Waals surface area (Å²) >= 11 is 5.89. The average molecular weight is 397 g/mol. The van der Waals surface area contributed by atoms with Gasteiger partial charge < -0.3 is 15.4 Å². The molecule has 0 saturated carbocycles. The third-order valence-corrected chi connectivity index (χ3v) is 4.00. The molecular weight excluding hydrogens is 380 g/mol. The number of ether oxygens (including phenoxy) is 1. The summed E-state index contributed by atoms with van der Waals surface area (Å²) in [6.07, 6.45) is 0. The van der Waals surface area contributed by atoms with Crippen LogP contribution >= 0.6 is 11.6 Å². The standard InChI is InChI=1S/C20H17ClN4O3/c1-12-22-17(11-18(23-12)24-15-9-5-14(21)6-10-15)19(26)25-16-7-3-13(4-8-16)20(27)28-2/h3-11H,1-2H3,(H,25,26)(H,22,23,24). The van der Waals surface area contributed by atoms with Gasteiger partial charge in [0.15, 0.2) is 0 Å². The van der Waals surface area contributed by atoms with Crippen molar-refractivity contribution in [1.82, 2.24) is 9.97 Å². The normalized spacial score (nSPS) is 10.2. The van der Waals surface area contributed by atoms with E-state index in [1.807, 2.05) is 12.1 Å². The lowest BCUT2D eigenvalue weighted by Crippen LogP contribution is -2.15. The van der Waals surface area contributed by atoms with Gasteiger partial charge in [-0.3, -0.25) is 4.79 Å². The van der Waals surface area contributed by atoms with Gasteiger partial charge in [-0.2, -0.15) is 0 Å². The van der Waals surface area contributed by atoms with Gasteiger partial charge in [0.25, 0.3) is 5.91 Å². The zero-order chi connectivity index (χ0) is 20.1. The molecule has 0 atom stereocenters. The molecule has 1 aromatic heterocycles. The molecule has 0 bridgehead atoms. The van der Waals surface area contributed by atoms with E-state index in [-0.39, 0.29) is 5.69 Å². The van der Waals surface area contributed by atoms with Crippen molar-refractivity contribution in [3.8, 4) is 0 Å². The van der Waals surface area contributed by atoms with Crippen molar-refractivity contribution in [3.63, 3.8) is 0 Å². The summed E-state index contributed by atoms with van der Waals surface area (Å²) in [7, 11) is 1.31. The largest absolute Gasteiger partial charge is 0.465 e. The molecule has 0 aliphatic heterocycles. The van der Waals surface area contributed by atoms with Crippen molar-refractivity contribution in [2.45, 2.75) is 6.92 Å². The fraction of sp³-hybridized carbons (Fsp3) is 0.100. The van der Waals surface area contributed by atoms with Gasteiger partial charge in [0.2, 0.25) is 0 Å². The molecule has 1 heterocycles. The number of rotatable bonds is 5. The molecule has 3 aromatic rings. The number of carbonyl (C=O) groups excluding carboxylic acids is 2. The maximum absolute atomic E-state index is 12.6. The zero-order valence-electron chi connectivity index (χ0n) is 15.2. The van der Waals surface area contributed by atoms with Crippen LogP contribution in [0.1, 0.15) is 26.7 Å². The summed E-state index contributed by atoms with van der Waals surface area (Å²) in [4.78, 5) is 32.5. The minimum Gasteiger partial charge on any atom is -0.465 e. The molecule has 0 saturated heterocycles. The SMILES string of the molecule is COC(=O)c1ccc(NC(=O)c2cc(Nc3ccc(Cl)cc3)nc(C)n2)cc1. The first kappa shape index (κ1) is 19.3. The summed E-state index contributed by atoms with van der Waals surface area (Å²) in [5.74, 6) is 0.101. The third-order valence-electron chi connectivity index (χ3n) is 3.75. The molecule has 142 valence electrons. The number of anilines is 3. The molecule has 0 fully saturated rings. The predicted molar refractivity (Wildman–Crippen MR) is 107 cm³/mol. The lowest BCUT2D eigenvalue weighted by molar-refractivity contribution is 0.0600. The van der Waals surface area contributed by atoms with E-state index < -0.39 is 11.9 Å². The van der Waals surface area contributed by atoms with Gasteiger partial charge in [0, 0.05) is 22.5 Å². The monoisotopic (exact) mass is 396 g/mol. The third kappa shape index (κ3) is 4.83. The Morgan fingerprint density at radius 3 is 2.25 bits per heavy atom. The quantitative estimate of drug-likeness (QED) is 0.627. The molecule has 0 unspecified atom stereocenters. The Kier molecular flexibility index (Phi) is 5.86. The first-order valence-electron chi connectivity index (χ1n) is 8.32. The number of nitrogens with zero attached hydrogens (tertiary/aromatic N) is 2. The Hall–Kier alpha value is -3.45. The van der Waals surface area contributed by atoms with Gasteiger partial charge in [-0.1, -0.05) is 11.6 Å². The first-order valence-corrected chi connectivity index (χ1v) is 8.70. The van der Waals surface area contributed by atoms with Gasteiger partial charge in [-0.15, -0.1) is 0 Å². The number of hydrogen-bond acceptors (Lipinski definition) is 6. The van der Waals surface area contributed by atoms with E-state index in [1.54, 1.807) is 49.4 Å². The lowest BCUT2D eigenvalue weighted by atomic mass is 10.2. The second kappa shape index (κ2) is 8.49. The number of aryl methyl sites for hydroxylation is 1. The molecule has 28 heavy (non-hydrogen) atoms. The Labute approximate surface area is 166 Å². The molecule has 1 amide bonds. The molecule has 0 aliphatic rings. The van der Waals surface area contributed by atoms with E-state index in [1.165, 1.54) is 7.11 Å². The van der Waals surface area contributed by atoms with E-state index in [0.717, 1.165) is 5.69 Å². The minimum atomic E-state index is -0.442. The average Bonchev–Trinajstić information content (AvgIpc) is 2.69. The van der Waals surface area contributed by atoms with Crippen molar-refractivity contribution < 1.29 is 14.3 Å². The number of amides is 1. The van der Waals surface area contributed by atoms with E-state index in [0.29, 0.717) is 27.9 Å². The van der Waals surface area contributed by atoms with Crippen molar-refractivity contribution in [2.75, 3.05) is 17.7 Å². The smallest absolute Gasteiger partial charge is 0.337 e. The van der Waals surface area contributed by atoms with Gasteiger partial charge in [-0.25, -0.2) is 14.8 Å². The fourth-order valence-corrected chi connectivity index (χ4v) is 2.56. The number of nitrogens with one attached hydrogen (secondary N) is 2. The molecule has 7 nitrogen and oxygen atoms in total. The molecule has 0 spiro atoms. The molecule has 0 aliphatic carbocycles. The summed E-state index contributed by atoms with van der Waals surface area (Å²) in [5, 5.41) is 6.49.